The second kappa shape index (κ2) is 6.03. The predicted molar refractivity (Wildman–Crippen MR) is 102 cm³/mol. The van der Waals surface area contributed by atoms with E-state index in [-0.39, 0.29) is 5.91 Å². The van der Waals surface area contributed by atoms with Gasteiger partial charge in [0, 0.05) is 17.6 Å². The van der Waals surface area contributed by atoms with Crippen LogP contribution < -0.4 is 5.32 Å². The number of aromatic nitrogens is 1. The van der Waals surface area contributed by atoms with Crippen molar-refractivity contribution in [2.24, 2.45) is 5.41 Å². The predicted octanol–water partition coefficient (Wildman–Crippen LogP) is 4.37. The smallest absolute Gasteiger partial charge is 0.240 e. The first-order valence-corrected chi connectivity index (χ1v) is 8.91. The average Bonchev–Trinajstić information content (AvgIpc) is 3.40. The third-order valence-electron chi connectivity index (χ3n) is 5.29. The Morgan fingerprint density at radius 3 is 2.62 bits per heavy atom. The van der Waals surface area contributed by atoms with Crippen LogP contribution in [0.15, 0.2) is 42.5 Å². The molecule has 4 rings (SSSR count). The summed E-state index contributed by atoms with van der Waals surface area (Å²) in [6, 6.07) is 16.7. The number of nitrogens with zero attached hydrogens (tertiary/aromatic N) is 1. The first-order valence-electron chi connectivity index (χ1n) is 8.91. The highest BCUT2D eigenvalue weighted by atomic mass is 16.2. The molecule has 1 heterocycles. The molecule has 0 radical (unpaired) electrons. The molecule has 1 saturated carbocycles. The van der Waals surface area contributed by atoms with Crippen LogP contribution in [-0.4, -0.2) is 10.9 Å². The van der Waals surface area contributed by atoms with E-state index in [9.17, 15) is 10.1 Å². The van der Waals surface area contributed by atoms with Gasteiger partial charge >= 0.3 is 0 Å². The van der Waals surface area contributed by atoms with Gasteiger partial charge in [0.2, 0.25) is 5.91 Å². The van der Waals surface area contributed by atoms with Gasteiger partial charge in [-0.3, -0.25) is 4.79 Å². The highest BCUT2D eigenvalue weighted by Crippen LogP contribution is 2.45. The molecule has 1 aromatic heterocycles. The Labute approximate surface area is 152 Å². The summed E-state index contributed by atoms with van der Waals surface area (Å²) in [7, 11) is 0. The fourth-order valence-electron chi connectivity index (χ4n) is 3.55. The Morgan fingerprint density at radius 1 is 1.23 bits per heavy atom. The molecular weight excluding hydrogens is 322 g/mol. The number of hydrogen-bond acceptors (Lipinski definition) is 2. The Morgan fingerprint density at radius 2 is 1.96 bits per heavy atom. The summed E-state index contributed by atoms with van der Waals surface area (Å²) in [6.07, 6.45) is 1.33. The van der Waals surface area contributed by atoms with Gasteiger partial charge in [-0.1, -0.05) is 42.0 Å². The van der Waals surface area contributed by atoms with Gasteiger partial charge in [-0.15, -0.1) is 0 Å². The molecule has 3 aromatic rings. The molecule has 2 aromatic carbocycles. The molecule has 1 amide bonds. The molecule has 0 bridgehead atoms. The zero-order valence-corrected chi connectivity index (χ0v) is 15.0. The molecule has 0 aliphatic heterocycles. The van der Waals surface area contributed by atoms with Crippen molar-refractivity contribution in [2.75, 3.05) is 0 Å². The zero-order chi connectivity index (χ0) is 18.3. The van der Waals surface area contributed by atoms with Crippen LogP contribution in [-0.2, 0) is 11.3 Å². The number of carbonyl (C=O) groups excluding carboxylic acids is 1. The number of hydrogen-bond donors (Lipinski definition) is 2. The van der Waals surface area contributed by atoms with Gasteiger partial charge in [-0.25, -0.2) is 0 Å². The van der Waals surface area contributed by atoms with E-state index in [1.165, 1.54) is 10.9 Å². The second-order valence-corrected chi connectivity index (χ2v) is 7.21. The number of rotatable bonds is 4. The third-order valence-corrected chi connectivity index (χ3v) is 5.29. The molecule has 1 fully saturated rings. The third kappa shape index (κ3) is 2.66. The molecular formula is C22H21N3O. The molecule has 0 saturated heterocycles. The lowest BCUT2D eigenvalue weighted by atomic mass is 10.0. The van der Waals surface area contributed by atoms with Crippen molar-refractivity contribution < 1.29 is 4.79 Å². The minimum atomic E-state index is -0.788. The van der Waals surface area contributed by atoms with Crippen molar-refractivity contribution in [1.82, 2.24) is 10.3 Å². The lowest BCUT2D eigenvalue weighted by molar-refractivity contribution is -0.124. The van der Waals surface area contributed by atoms with Crippen LogP contribution in [0.1, 0.15) is 29.5 Å². The van der Waals surface area contributed by atoms with Crippen molar-refractivity contribution in [3.8, 4) is 17.3 Å². The molecule has 4 heteroatoms. The van der Waals surface area contributed by atoms with E-state index in [0.717, 1.165) is 27.9 Å². The Bertz CT molecular complexity index is 1040. The highest BCUT2D eigenvalue weighted by Gasteiger charge is 2.50. The monoisotopic (exact) mass is 343 g/mol. The molecule has 26 heavy (non-hydrogen) atoms. The fourth-order valence-corrected chi connectivity index (χ4v) is 3.55. The van der Waals surface area contributed by atoms with E-state index in [4.69, 9.17) is 0 Å². The topological polar surface area (TPSA) is 68.7 Å². The van der Waals surface area contributed by atoms with Gasteiger partial charge in [0.25, 0.3) is 0 Å². The highest BCUT2D eigenvalue weighted by molar-refractivity contribution is 5.94. The number of fused-ring (bicyclic) bond motifs is 1. The lowest BCUT2D eigenvalue weighted by Crippen LogP contribution is -2.30. The molecule has 1 aliphatic rings. The van der Waals surface area contributed by atoms with Crippen molar-refractivity contribution in [3.05, 3.63) is 59.2 Å². The lowest BCUT2D eigenvalue weighted by Gasteiger charge is -2.10. The number of H-pyrrole nitrogens is 1. The van der Waals surface area contributed by atoms with E-state index in [1.54, 1.807) is 0 Å². The number of aromatic amines is 1. The van der Waals surface area contributed by atoms with Crippen LogP contribution in [0.5, 0.6) is 0 Å². The van der Waals surface area contributed by atoms with Crippen LogP contribution >= 0.6 is 0 Å². The summed E-state index contributed by atoms with van der Waals surface area (Å²) in [5.74, 6) is -0.152. The number of nitriles is 1. The minimum absolute atomic E-state index is 0.152. The van der Waals surface area contributed by atoms with Gasteiger partial charge in [0.1, 0.15) is 5.41 Å². The van der Waals surface area contributed by atoms with Crippen molar-refractivity contribution in [3.63, 3.8) is 0 Å². The summed E-state index contributed by atoms with van der Waals surface area (Å²) in [6.45, 7) is 4.61. The fraction of sp³-hybridized carbons (Fsp3) is 0.273. The maximum Gasteiger partial charge on any atom is 0.240 e. The normalized spacial score (nSPS) is 14.8. The van der Waals surface area contributed by atoms with E-state index >= 15 is 0 Å². The first-order chi connectivity index (χ1) is 12.5. The van der Waals surface area contributed by atoms with Gasteiger partial charge < -0.3 is 10.3 Å². The standard InChI is InChI=1S/C22H21N3O/c1-14-10-17(12-24-21(26)22(13-23)8-9-22)20-18(11-14)15(2)19(25-20)16-6-4-3-5-7-16/h3-7,10-11,25H,8-9,12H2,1-2H3,(H,24,26). The van der Waals surface area contributed by atoms with E-state index in [0.29, 0.717) is 19.4 Å². The van der Waals surface area contributed by atoms with Crippen LogP contribution in [0.2, 0.25) is 0 Å². The Hall–Kier alpha value is -3.06. The molecule has 0 unspecified atom stereocenters. The van der Waals surface area contributed by atoms with Gasteiger partial charge in [0.05, 0.1) is 11.6 Å². The first kappa shape index (κ1) is 16.4. The van der Waals surface area contributed by atoms with Crippen LogP contribution in [0.3, 0.4) is 0 Å². The van der Waals surface area contributed by atoms with E-state index in [2.05, 4.69) is 54.5 Å². The maximum atomic E-state index is 12.3. The zero-order valence-electron chi connectivity index (χ0n) is 15.0. The maximum absolute atomic E-state index is 12.3. The molecule has 1 aliphatic carbocycles. The van der Waals surface area contributed by atoms with Crippen molar-refractivity contribution in [1.29, 1.82) is 5.26 Å². The van der Waals surface area contributed by atoms with E-state index in [1.807, 2.05) is 18.2 Å². The summed E-state index contributed by atoms with van der Waals surface area (Å²) < 4.78 is 0. The molecule has 0 spiro atoms. The Balaban J connectivity index is 1.71. The number of benzene rings is 2. The summed E-state index contributed by atoms with van der Waals surface area (Å²) in [5.41, 5.74) is 5.93. The van der Waals surface area contributed by atoms with Crippen LogP contribution in [0.4, 0.5) is 0 Å². The molecule has 4 nitrogen and oxygen atoms in total. The molecule has 0 atom stereocenters. The summed E-state index contributed by atoms with van der Waals surface area (Å²) in [4.78, 5) is 15.9. The van der Waals surface area contributed by atoms with Crippen molar-refractivity contribution in [2.45, 2.75) is 33.2 Å². The SMILES string of the molecule is Cc1cc(CNC(=O)C2(C#N)CC2)c2[nH]c(-c3ccccc3)c(C)c2c1. The molecule has 2 N–H and O–H groups in total. The average molecular weight is 343 g/mol. The second-order valence-electron chi connectivity index (χ2n) is 7.21. The van der Waals surface area contributed by atoms with Crippen LogP contribution in [0.25, 0.3) is 22.2 Å². The number of nitrogens with one attached hydrogen (secondary N) is 2. The van der Waals surface area contributed by atoms with Gasteiger partial charge in [-0.2, -0.15) is 5.26 Å². The number of carbonyl (C=O) groups is 1. The minimum Gasteiger partial charge on any atom is -0.354 e. The van der Waals surface area contributed by atoms with Gasteiger partial charge in [0.15, 0.2) is 0 Å². The summed E-state index contributed by atoms with van der Waals surface area (Å²) in [5, 5.41) is 13.3. The molecule has 130 valence electrons. The largest absolute Gasteiger partial charge is 0.354 e. The van der Waals surface area contributed by atoms with Gasteiger partial charge in [-0.05, 0) is 49.4 Å². The van der Waals surface area contributed by atoms with Crippen LogP contribution in [0, 0.1) is 30.6 Å². The number of aryl methyl sites for hydroxylation is 2. The quantitative estimate of drug-likeness (QED) is 0.738. The van der Waals surface area contributed by atoms with Crippen molar-refractivity contribution >= 4 is 16.8 Å². The number of amides is 1. The Kier molecular flexibility index (Phi) is 3.81. The summed E-state index contributed by atoms with van der Waals surface area (Å²) >= 11 is 0. The van der Waals surface area contributed by atoms with E-state index < -0.39 is 5.41 Å².